The summed E-state index contributed by atoms with van der Waals surface area (Å²) in [5.41, 5.74) is 15.5. The van der Waals surface area contributed by atoms with Crippen molar-refractivity contribution < 1.29 is 0 Å². The quantitative estimate of drug-likeness (QED) is 0.115. The van der Waals surface area contributed by atoms with Crippen molar-refractivity contribution in [1.82, 2.24) is 4.57 Å². The lowest BCUT2D eigenvalue weighted by Crippen LogP contribution is -2.40. The average molecular weight is 809 g/mol. The number of fused-ring (bicyclic) bond motifs is 7. The van der Waals surface area contributed by atoms with Crippen LogP contribution < -0.4 is 4.90 Å². The monoisotopic (exact) mass is 808 g/mol. The summed E-state index contributed by atoms with van der Waals surface area (Å²) in [6.45, 7) is 2.50. The van der Waals surface area contributed by atoms with Crippen molar-refractivity contribution in [1.29, 1.82) is 0 Å². The summed E-state index contributed by atoms with van der Waals surface area (Å²) in [5.74, 6) is 2.14. The number of anilines is 3. The zero-order valence-corrected chi connectivity index (χ0v) is 35.6. The van der Waals surface area contributed by atoms with Gasteiger partial charge in [0.05, 0.1) is 28.1 Å². The number of nitrogens with zero attached hydrogens (tertiary/aromatic N) is 2. The van der Waals surface area contributed by atoms with Crippen LogP contribution in [0.5, 0.6) is 0 Å². The molecule has 2 nitrogen and oxygen atoms in total. The Labute approximate surface area is 369 Å². The Hall–Kier alpha value is -7.16. The molecule has 0 radical (unpaired) electrons. The third-order valence-corrected chi connectivity index (χ3v) is 15.0. The van der Waals surface area contributed by atoms with Gasteiger partial charge in [0, 0.05) is 32.8 Å². The molecule has 1 saturated carbocycles. The molecule has 3 aliphatic carbocycles. The molecule has 10 aromatic rings. The number of hydrogen-bond donors (Lipinski definition) is 0. The molecule has 302 valence electrons. The lowest BCUT2D eigenvalue weighted by atomic mass is 9.56. The van der Waals surface area contributed by atoms with E-state index >= 15 is 0 Å². The summed E-state index contributed by atoms with van der Waals surface area (Å²) < 4.78 is 2.43. The Kier molecular flexibility index (Phi) is 8.22. The van der Waals surface area contributed by atoms with Crippen LogP contribution in [0.4, 0.5) is 17.1 Å². The molecule has 0 saturated heterocycles. The van der Waals surface area contributed by atoms with Gasteiger partial charge >= 0.3 is 0 Å². The Morgan fingerprint density at radius 2 is 1.08 bits per heavy atom. The Morgan fingerprint density at radius 1 is 0.492 bits per heavy atom. The first kappa shape index (κ1) is 36.5. The highest BCUT2D eigenvalue weighted by atomic mass is 15.1. The Bertz CT molecular complexity index is 3390. The molecule has 2 bridgehead atoms. The molecule has 0 aliphatic heterocycles. The number of aromatic nitrogens is 1. The van der Waals surface area contributed by atoms with Gasteiger partial charge < -0.3 is 9.47 Å². The van der Waals surface area contributed by atoms with Gasteiger partial charge in [0.2, 0.25) is 0 Å². The second-order valence-electron chi connectivity index (χ2n) is 18.7. The zero-order valence-electron chi connectivity index (χ0n) is 35.6. The van der Waals surface area contributed by atoms with Crippen molar-refractivity contribution in [3.8, 4) is 27.9 Å². The second kappa shape index (κ2) is 14.2. The number of hydrogen-bond acceptors (Lipinski definition) is 1. The third-order valence-electron chi connectivity index (χ3n) is 15.0. The van der Waals surface area contributed by atoms with Gasteiger partial charge in [0.25, 0.3) is 0 Å². The van der Waals surface area contributed by atoms with E-state index < -0.39 is 0 Å². The fourth-order valence-corrected chi connectivity index (χ4v) is 12.6. The number of allylic oxidation sites excluding steroid dienone is 2. The van der Waals surface area contributed by atoms with Crippen LogP contribution in [-0.4, -0.2) is 4.57 Å². The van der Waals surface area contributed by atoms with E-state index in [2.05, 4.69) is 223 Å². The predicted molar refractivity (Wildman–Crippen MR) is 266 cm³/mol. The van der Waals surface area contributed by atoms with Gasteiger partial charge in [-0.05, 0) is 124 Å². The molecule has 0 N–H and O–H groups in total. The van der Waals surface area contributed by atoms with Crippen LogP contribution >= 0.6 is 0 Å². The third kappa shape index (κ3) is 5.64. The lowest BCUT2D eigenvalue weighted by Gasteiger charge is -2.49. The minimum absolute atomic E-state index is 0.0919. The van der Waals surface area contributed by atoms with E-state index in [0.29, 0.717) is 11.8 Å². The molecule has 9 aromatic carbocycles. The highest BCUT2D eigenvalue weighted by Gasteiger charge is 2.54. The summed E-state index contributed by atoms with van der Waals surface area (Å²) in [6.07, 6.45) is 7.84. The van der Waals surface area contributed by atoms with Gasteiger partial charge in [-0.1, -0.05) is 176 Å². The zero-order chi connectivity index (χ0) is 41.6. The highest BCUT2D eigenvalue weighted by molar-refractivity contribution is 6.15. The minimum atomic E-state index is 0.0919. The smallest absolute Gasteiger partial charge is 0.0546 e. The van der Waals surface area contributed by atoms with Gasteiger partial charge in [0.15, 0.2) is 0 Å². The molecule has 1 heterocycles. The molecule has 13 rings (SSSR count). The topological polar surface area (TPSA) is 8.17 Å². The van der Waals surface area contributed by atoms with Crippen molar-refractivity contribution >= 4 is 60.4 Å². The van der Waals surface area contributed by atoms with Gasteiger partial charge in [-0.25, -0.2) is 0 Å². The van der Waals surface area contributed by atoms with E-state index in [0.717, 1.165) is 5.92 Å². The van der Waals surface area contributed by atoms with Crippen molar-refractivity contribution in [3.05, 3.63) is 217 Å². The molecule has 1 aromatic heterocycles. The van der Waals surface area contributed by atoms with Crippen LogP contribution in [0.1, 0.15) is 38.2 Å². The summed E-state index contributed by atoms with van der Waals surface area (Å²) in [6, 6.07) is 74.6. The first-order valence-electron chi connectivity index (χ1n) is 22.9. The normalized spacial score (nSPS) is 20.2. The number of para-hydroxylation sites is 4. The highest BCUT2D eigenvalue weighted by Crippen LogP contribution is 2.64. The van der Waals surface area contributed by atoms with E-state index in [1.807, 2.05) is 0 Å². The van der Waals surface area contributed by atoms with Crippen molar-refractivity contribution in [2.24, 2.45) is 17.8 Å². The first-order chi connectivity index (χ1) is 31.1. The Morgan fingerprint density at radius 3 is 1.83 bits per heavy atom. The molecule has 0 spiro atoms. The molecule has 0 amide bonds. The van der Waals surface area contributed by atoms with Crippen molar-refractivity contribution in [2.45, 2.75) is 38.0 Å². The van der Waals surface area contributed by atoms with Crippen molar-refractivity contribution in [2.75, 3.05) is 4.90 Å². The Balaban J connectivity index is 0.921. The first-order valence-corrected chi connectivity index (χ1v) is 22.9. The molecule has 2 unspecified atom stereocenters. The second-order valence-corrected chi connectivity index (χ2v) is 18.7. The van der Waals surface area contributed by atoms with E-state index in [1.165, 1.54) is 120 Å². The molecular formula is C61H48N2. The van der Waals surface area contributed by atoms with E-state index in [1.54, 1.807) is 5.57 Å². The number of benzene rings is 9. The van der Waals surface area contributed by atoms with Gasteiger partial charge in [-0.2, -0.15) is 0 Å². The van der Waals surface area contributed by atoms with Gasteiger partial charge in [-0.15, -0.1) is 0 Å². The van der Waals surface area contributed by atoms with E-state index in [9.17, 15) is 0 Å². The van der Waals surface area contributed by atoms with Crippen LogP contribution in [0.25, 0.3) is 71.3 Å². The average Bonchev–Trinajstić information content (AvgIpc) is 4.03. The molecule has 3 aliphatic rings. The SMILES string of the molecule is C[C@H]1CC2C[C@@H]3C=C2C(c2ccccc2N(c2ccc(-c4ccc(-c5ccccc5-n5c6ccccc6c6ccccc65)cc4)cc2)c2cc4ccccc4c4ccccc24)(C1)C3. The molecule has 1 fully saturated rings. The van der Waals surface area contributed by atoms with E-state index in [4.69, 9.17) is 0 Å². The molecular weight excluding hydrogens is 761 g/mol. The summed E-state index contributed by atoms with van der Waals surface area (Å²) in [5, 5.41) is 7.66. The summed E-state index contributed by atoms with van der Waals surface area (Å²) >= 11 is 0. The maximum atomic E-state index is 2.69. The lowest BCUT2D eigenvalue weighted by molar-refractivity contribution is 0.189. The van der Waals surface area contributed by atoms with Gasteiger partial charge in [-0.3, -0.25) is 0 Å². The minimum Gasteiger partial charge on any atom is -0.310 e. The predicted octanol–water partition coefficient (Wildman–Crippen LogP) is 16.5. The fourth-order valence-electron chi connectivity index (χ4n) is 12.6. The van der Waals surface area contributed by atoms with Crippen LogP contribution in [0.15, 0.2) is 212 Å². The maximum Gasteiger partial charge on any atom is 0.0546 e. The molecule has 4 atom stereocenters. The van der Waals surface area contributed by atoms with Crippen LogP contribution in [0.3, 0.4) is 0 Å². The fraction of sp³-hybridized carbons (Fsp3) is 0.148. The van der Waals surface area contributed by atoms with Gasteiger partial charge in [0.1, 0.15) is 0 Å². The largest absolute Gasteiger partial charge is 0.310 e. The summed E-state index contributed by atoms with van der Waals surface area (Å²) in [7, 11) is 0. The maximum absolute atomic E-state index is 2.69. The molecule has 63 heavy (non-hydrogen) atoms. The standard InChI is InChI=1S/C61H48N2/c1-40-34-46-35-41-36-55(46)61(38-40,39-41)54-21-9-13-25-59(54)62(60-37-45-14-2-3-15-48(45)50-17-4-5-18-51(50)60)47-32-30-43(31-33-47)42-26-28-44(29-27-42)49-16-6-10-22-56(49)63-57-23-11-7-19-52(57)53-20-8-12-24-58(53)63/h2-33,36-37,40-41,46H,34-35,38-39H2,1H3/t40-,41+,46?,61?/m0/s1. The molecule has 2 heteroatoms. The van der Waals surface area contributed by atoms with Crippen LogP contribution in [0, 0.1) is 17.8 Å². The van der Waals surface area contributed by atoms with Crippen LogP contribution in [0.2, 0.25) is 0 Å². The number of rotatable bonds is 7. The van der Waals surface area contributed by atoms with Crippen molar-refractivity contribution in [3.63, 3.8) is 0 Å². The summed E-state index contributed by atoms with van der Waals surface area (Å²) in [4.78, 5) is 2.60. The van der Waals surface area contributed by atoms with Crippen LogP contribution in [-0.2, 0) is 5.41 Å². The van der Waals surface area contributed by atoms with E-state index in [-0.39, 0.29) is 5.41 Å².